The Morgan fingerprint density at radius 2 is 1.69 bits per heavy atom. The lowest BCUT2D eigenvalue weighted by Crippen LogP contribution is -2.36. The fourth-order valence-electron chi connectivity index (χ4n) is 1.01. The van der Waals surface area contributed by atoms with Crippen LogP contribution in [0.5, 0.6) is 0 Å². The van der Waals surface area contributed by atoms with Crippen molar-refractivity contribution in [3.63, 3.8) is 0 Å². The molecular formula is C11H18O5. The number of hydrogen-bond donors (Lipinski definition) is 0. The number of hydrogen-bond acceptors (Lipinski definition) is 5. The minimum atomic E-state index is -1.37. The van der Waals surface area contributed by atoms with E-state index < -0.39 is 29.1 Å². The van der Waals surface area contributed by atoms with Crippen molar-refractivity contribution in [2.24, 2.45) is 5.92 Å². The van der Waals surface area contributed by atoms with E-state index in [2.05, 4.69) is 4.74 Å². The average Bonchev–Trinajstić information content (AvgIpc) is 2.13. The first-order chi connectivity index (χ1) is 7.19. The van der Waals surface area contributed by atoms with Crippen LogP contribution in [0.3, 0.4) is 0 Å². The summed E-state index contributed by atoms with van der Waals surface area (Å²) in [5.74, 6) is -3.31. The summed E-state index contributed by atoms with van der Waals surface area (Å²) < 4.78 is 9.60. The molecule has 0 heterocycles. The third-order valence-electron chi connectivity index (χ3n) is 1.81. The van der Waals surface area contributed by atoms with E-state index in [9.17, 15) is 14.4 Å². The van der Waals surface area contributed by atoms with Gasteiger partial charge in [-0.25, -0.2) is 0 Å². The van der Waals surface area contributed by atoms with E-state index in [1.54, 1.807) is 20.8 Å². The first-order valence-electron chi connectivity index (χ1n) is 4.94. The smallest absolute Gasteiger partial charge is 0.323 e. The third-order valence-corrected chi connectivity index (χ3v) is 1.81. The zero-order chi connectivity index (χ0) is 12.9. The number of carbonyl (C=O) groups excluding carboxylic acids is 3. The summed E-state index contributed by atoms with van der Waals surface area (Å²) in [5, 5.41) is 0. The highest BCUT2D eigenvalue weighted by Crippen LogP contribution is 2.10. The zero-order valence-corrected chi connectivity index (χ0v) is 10.3. The normalized spacial score (nSPS) is 13.1. The Morgan fingerprint density at radius 3 is 2.00 bits per heavy atom. The molecule has 0 bridgehead atoms. The Bertz CT molecular complexity index is 287. The van der Waals surface area contributed by atoms with Crippen LogP contribution in [0.2, 0.25) is 0 Å². The monoisotopic (exact) mass is 230 g/mol. The number of methoxy groups -OCH3 is 1. The molecule has 0 radical (unpaired) electrons. The summed E-state index contributed by atoms with van der Waals surface area (Å²) in [4.78, 5) is 33.9. The lowest BCUT2D eigenvalue weighted by Gasteiger charge is -2.20. The van der Waals surface area contributed by atoms with E-state index in [0.29, 0.717) is 0 Å². The van der Waals surface area contributed by atoms with Crippen LogP contribution in [0.1, 0.15) is 27.7 Å². The van der Waals surface area contributed by atoms with Crippen molar-refractivity contribution in [2.75, 3.05) is 13.7 Å². The predicted molar refractivity (Wildman–Crippen MR) is 56.9 cm³/mol. The summed E-state index contributed by atoms with van der Waals surface area (Å²) in [5.41, 5.74) is -0.493. The van der Waals surface area contributed by atoms with Gasteiger partial charge in [0.05, 0.1) is 12.7 Å². The van der Waals surface area contributed by atoms with Gasteiger partial charge in [0.1, 0.15) is 6.61 Å². The van der Waals surface area contributed by atoms with Gasteiger partial charge in [0.15, 0.2) is 17.5 Å². The van der Waals surface area contributed by atoms with Crippen LogP contribution >= 0.6 is 0 Å². The van der Waals surface area contributed by atoms with Gasteiger partial charge in [-0.05, 0) is 27.7 Å². The molecule has 0 aliphatic heterocycles. The molecule has 0 aliphatic rings. The molecule has 5 nitrogen and oxygen atoms in total. The topological polar surface area (TPSA) is 69.7 Å². The minimum absolute atomic E-state index is 0.275. The van der Waals surface area contributed by atoms with Crippen LogP contribution in [-0.4, -0.2) is 36.9 Å². The summed E-state index contributed by atoms with van der Waals surface area (Å²) in [6.07, 6.45) is 0. The summed E-state index contributed by atoms with van der Waals surface area (Å²) >= 11 is 0. The molecular weight excluding hydrogens is 212 g/mol. The molecule has 0 aromatic carbocycles. The van der Waals surface area contributed by atoms with Crippen molar-refractivity contribution < 1.29 is 23.9 Å². The Balaban J connectivity index is 4.53. The summed E-state index contributed by atoms with van der Waals surface area (Å²) in [6, 6.07) is 0. The zero-order valence-electron chi connectivity index (χ0n) is 10.3. The van der Waals surface area contributed by atoms with Gasteiger partial charge in [-0.2, -0.15) is 0 Å². The van der Waals surface area contributed by atoms with Crippen molar-refractivity contribution >= 4 is 17.5 Å². The Morgan fingerprint density at radius 1 is 1.19 bits per heavy atom. The largest absolute Gasteiger partial charge is 0.468 e. The second kappa shape index (κ2) is 5.75. The van der Waals surface area contributed by atoms with Crippen molar-refractivity contribution in [1.29, 1.82) is 0 Å². The van der Waals surface area contributed by atoms with Gasteiger partial charge < -0.3 is 9.47 Å². The number of ketones is 2. The van der Waals surface area contributed by atoms with Gasteiger partial charge in [-0.15, -0.1) is 0 Å². The summed E-state index contributed by atoms with van der Waals surface area (Å²) in [6.45, 7) is 6.24. The van der Waals surface area contributed by atoms with E-state index in [1.165, 1.54) is 6.92 Å². The van der Waals surface area contributed by atoms with E-state index in [1.807, 2.05) is 0 Å². The quantitative estimate of drug-likeness (QED) is 0.515. The molecule has 16 heavy (non-hydrogen) atoms. The van der Waals surface area contributed by atoms with Gasteiger partial charge in [-0.1, -0.05) is 0 Å². The van der Waals surface area contributed by atoms with Crippen LogP contribution in [0.25, 0.3) is 0 Å². The van der Waals surface area contributed by atoms with Crippen molar-refractivity contribution in [2.45, 2.75) is 33.3 Å². The van der Waals surface area contributed by atoms with Crippen molar-refractivity contribution in [3.8, 4) is 0 Å². The van der Waals surface area contributed by atoms with Gasteiger partial charge in [-0.3, -0.25) is 14.4 Å². The van der Waals surface area contributed by atoms with Gasteiger partial charge in [0, 0.05) is 0 Å². The number of esters is 1. The average molecular weight is 230 g/mol. The molecule has 92 valence electrons. The van der Waals surface area contributed by atoms with E-state index in [0.717, 1.165) is 7.11 Å². The number of rotatable bonds is 5. The molecule has 1 atom stereocenters. The van der Waals surface area contributed by atoms with Crippen LogP contribution in [0.15, 0.2) is 0 Å². The number of carbonyl (C=O) groups is 3. The van der Waals surface area contributed by atoms with Crippen LogP contribution in [-0.2, 0) is 23.9 Å². The lowest BCUT2D eigenvalue weighted by atomic mass is 10.0. The van der Waals surface area contributed by atoms with Gasteiger partial charge >= 0.3 is 5.97 Å². The third kappa shape index (κ3) is 5.02. The highest BCUT2D eigenvalue weighted by Gasteiger charge is 2.32. The molecule has 0 N–H and O–H groups in total. The fraction of sp³-hybridized carbons (Fsp3) is 0.727. The Hall–Kier alpha value is -1.23. The minimum Gasteiger partial charge on any atom is -0.468 e. The maximum Gasteiger partial charge on any atom is 0.323 e. The van der Waals surface area contributed by atoms with Crippen LogP contribution in [0, 0.1) is 5.92 Å². The lowest BCUT2D eigenvalue weighted by molar-refractivity contribution is -0.155. The SMILES string of the molecule is COC(=O)C(C(C)=O)C(=O)COC(C)(C)C. The van der Waals surface area contributed by atoms with E-state index in [-0.39, 0.29) is 6.61 Å². The molecule has 0 saturated carbocycles. The molecule has 0 aromatic rings. The van der Waals surface area contributed by atoms with Crippen molar-refractivity contribution in [1.82, 2.24) is 0 Å². The molecule has 0 amide bonds. The molecule has 0 rings (SSSR count). The molecule has 0 spiro atoms. The first kappa shape index (κ1) is 14.8. The maximum atomic E-state index is 11.6. The fourth-order valence-corrected chi connectivity index (χ4v) is 1.01. The molecule has 5 heteroatoms. The molecule has 0 aliphatic carbocycles. The van der Waals surface area contributed by atoms with Crippen LogP contribution < -0.4 is 0 Å². The van der Waals surface area contributed by atoms with Gasteiger partial charge in [0.25, 0.3) is 0 Å². The molecule has 0 aromatic heterocycles. The highest BCUT2D eigenvalue weighted by molar-refractivity contribution is 6.16. The maximum absolute atomic E-state index is 11.6. The second-order valence-electron chi connectivity index (χ2n) is 4.43. The first-order valence-corrected chi connectivity index (χ1v) is 4.94. The Kier molecular flexibility index (Phi) is 5.30. The second-order valence-corrected chi connectivity index (χ2v) is 4.43. The standard InChI is InChI=1S/C11H18O5/c1-7(12)9(10(14)15-5)8(13)6-16-11(2,3)4/h9H,6H2,1-5H3. The molecule has 1 unspecified atom stereocenters. The summed E-state index contributed by atoms with van der Waals surface area (Å²) in [7, 11) is 1.14. The van der Waals surface area contributed by atoms with E-state index in [4.69, 9.17) is 4.74 Å². The van der Waals surface area contributed by atoms with Crippen LogP contribution in [0.4, 0.5) is 0 Å². The van der Waals surface area contributed by atoms with Crippen molar-refractivity contribution in [3.05, 3.63) is 0 Å². The molecule has 0 fully saturated rings. The number of ether oxygens (including phenoxy) is 2. The van der Waals surface area contributed by atoms with Gasteiger partial charge in [0.2, 0.25) is 0 Å². The van der Waals surface area contributed by atoms with E-state index >= 15 is 0 Å². The number of Topliss-reactive ketones (excluding diaryl/α,β-unsaturated/α-hetero) is 2. The Labute approximate surface area is 95.1 Å². The predicted octanol–water partition coefficient (Wildman–Crippen LogP) is 0.749. The highest BCUT2D eigenvalue weighted by atomic mass is 16.5. The molecule has 0 saturated heterocycles.